The zero-order valence-electron chi connectivity index (χ0n) is 16.1. The van der Waals surface area contributed by atoms with E-state index in [0.29, 0.717) is 19.0 Å². The minimum atomic E-state index is 0.248. The minimum absolute atomic E-state index is 0.248. The number of amides is 1. The number of nitrogens with zero attached hydrogens (tertiary/aromatic N) is 2. The van der Waals surface area contributed by atoms with Crippen LogP contribution in [0.1, 0.15) is 55.8 Å². The van der Waals surface area contributed by atoms with Crippen molar-refractivity contribution >= 4 is 5.91 Å². The Morgan fingerprint density at radius 1 is 1.22 bits per heavy atom. The molecule has 4 heteroatoms. The van der Waals surface area contributed by atoms with Crippen molar-refractivity contribution in [2.24, 2.45) is 0 Å². The standard InChI is InChI=1S/C23H28N2O2/c1-17-14-19-15-18(9-11-22(19)27-17)10-12-23(26)25(21-7-2-3-8-21)16-20-6-4-5-13-24-20/h4-6,9,11,13,15,17,21H,2-3,7-8,10,12,14,16H2,1H3/t17-/m0/s1. The molecule has 0 bridgehead atoms. The molecule has 2 aliphatic rings. The van der Waals surface area contributed by atoms with Gasteiger partial charge >= 0.3 is 0 Å². The van der Waals surface area contributed by atoms with Crippen molar-refractivity contribution in [3.05, 3.63) is 59.4 Å². The molecule has 4 rings (SSSR count). The molecule has 0 radical (unpaired) electrons. The summed E-state index contributed by atoms with van der Waals surface area (Å²) in [7, 11) is 0. The van der Waals surface area contributed by atoms with Crippen molar-refractivity contribution in [2.45, 2.75) is 70.6 Å². The fraction of sp³-hybridized carbons (Fsp3) is 0.478. The number of aryl methyl sites for hydroxylation is 1. The summed E-state index contributed by atoms with van der Waals surface area (Å²) in [5.74, 6) is 1.25. The molecule has 142 valence electrons. The summed E-state index contributed by atoms with van der Waals surface area (Å²) in [6.07, 6.45) is 9.04. The third-order valence-electron chi connectivity index (χ3n) is 5.73. The van der Waals surface area contributed by atoms with Crippen molar-refractivity contribution in [3.8, 4) is 5.75 Å². The second kappa shape index (κ2) is 8.12. The SMILES string of the molecule is C[C@H]1Cc2cc(CCC(=O)N(Cc3ccccn3)C3CCCC3)ccc2O1. The highest BCUT2D eigenvalue weighted by Crippen LogP contribution is 2.30. The van der Waals surface area contributed by atoms with Gasteiger partial charge < -0.3 is 9.64 Å². The van der Waals surface area contributed by atoms with E-state index in [-0.39, 0.29) is 12.0 Å². The number of benzene rings is 1. The minimum Gasteiger partial charge on any atom is -0.490 e. The van der Waals surface area contributed by atoms with Crippen molar-refractivity contribution in [1.82, 2.24) is 9.88 Å². The lowest BCUT2D eigenvalue weighted by atomic mass is 10.0. The van der Waals surface area contributed by atoms with Gasteiger partial charge in [0.25, 0.3) is 0 Å². The molecule has 1 saturated carbocycles. The molecule has 2 heterocycles. The second-order valence-corrected chi connectivity index (χ2v) is 7.86. The molecule has 0 saturated heterocycles. The summed E-state index contributed by atoms with van der Waals surface area (Å²) in [5.41, 5.74) is 3.47. The summed E-state index contributed by atoms with van der Waals surface area (Å²) < 4.78 is 5.78. The molecule has 1 atom stereocenters. The Morgan fingerprint density at radius 3 is 2.85 bits per heavy atom. The number of ether oxygens (including phenoxy) is 1. The van der Waals surface area contributed by atoms with Crippen LogP contribution in [0.2, 0.25) is 0 Å². The van der Waals surface area contributed by atoms with E-state index in [2.05, 4.69) is 35.0 Å². The first kappa shape index (κ1) is 18.0. The molecular formula is C23H28N2O2. The zero-order chi connectivity index (χ0) is 18.6. The normalized spacial score (nSPS) is 18.9. The fourth-order valence-electron chi connectivity index (χ4n) is 4.33. The molecular weight excluding hydrogens is 336 g/mol. The number of hydrogen-bond donors (Lipinski definition) is 0. The number of fused-ring (bicyclic) bond motifs is 1. The topological polar surface area (TPSA) is 42.4 Å². The first-order chi connectivity index (χ1) is 13.2. The van der Waals surface area contributed by atoms with Gasteiger partial charge in [-0.15, -0.1) is 0 Å². The predicted molar refractivity (Wildman–Crippen MR) is 106 cm³/mol. The molecule has 2 aromatic rings. The maximum atomic E-state index is 13.1. The van der Waals surface area contributed by atoms with Gasteiger partial charge in [-0.05, 0) is 55.5 Å². The van der Waals surface area contributed by atoms with Gasteiger partial charge in [-0.25, -0.2) is 0 Å². The average molecular weight is 364 g/mol. The van der Waals surface area contributed by atoms with Gasteiger partial charge in [0.05, 0.1) is 12.2 Å². The van der Waals surface area contributed by atoms with Crippen LogP contribution in [-0.4, -0.2) is 27.9 Å². The summed E-state index contributed by atoms with van der Waals surface area (Å²) in [5, 5.41) is 0. The first-order valence-electron chi connectivity index (χ1n) is 10.2. The highest BCUT2D eigenvalue weighted by molar-refractivity contribution is 5.77. The maximum absolute atomic E-state index is 13.1. The van der Waals surface area contributed by atoms with E-state index in [4.69, 9.17) is 4.74 Å². The third kappa shape index (κ3) is 4.32. The van der Waals surface area contributed by atoms with Crippen molar-refractivity contribution < 1.29 is 9.53 Å². The predicted octanol–water partition coefficient (Wildman–Crippen LogP) is 4.31. The van der Waals surface area contributed by atoms with Crippen molar-refractivity contribution in [2.75, 3.05) is 0 Å². The Kier molecular flexibility index (Phi) is 5.42. The van der Waals surface area contributed by atoms with Gasteiger partial charge in [0.1, 0.15) is 11.9 Å². The van der Waals surface area contributed by atoms with Gasteiger partial charge in [0.15, 0.2) is 0 Å². The van der Waals surface area contributed by atoms with Crippen LogP contribution in [-0.2, 0) is 24.2 Å². The summed E-state index contributed by atoms with van der Waals surface area (Å²) in [4.78, 5) is 19.6. The highest BCUT2D eigenvalue weighted by Gasteiger charge is 2.27. The first-order valence-corrected chi connectivity index (χ1v) is 10.2. The number of carbonyl (C=O) groups excluding carboxylic acids is 1. The van der Waals surface area contributed by atoms with Crippen LogP contribution in [0.3, 0.4) is 0 Å². The third-order valence-corrected chi connectivity index (χ3v) is 5.73. The largest absolute Gasteiger partial charge is 0.490 e. The lowest BCUT2D eigenvalue weighted by molar-refractivity contribution is -0.134. The van der Waals surface area contributed by atoms with E-state index >= 15 is 0 Å². The van der Waals surface area contributed by atoms with Gasteiger partial charge in [-0.2, -0.15) is 0 Å². The number of carbonyl (C=O) groups is 1. The lowest BCUT2D eigenvalue weighted by Crippen LogP contribution is -2.38. The average Bonchev–Trinajstić information content (AvgIpc) is 3.33. The molecule has 1 aliphatic carbocycles. The van der Waals surface area contributed by atoms with E-state index in [9.17, 15) is 4.79 Å². The molecule has 1 amide bonds. The molecule has 0 N–H and O–H groups in total. The molecule has 0 unspecified atom stereocenters. The number of aromatic nitrogens is 1. The van der Waals surface area contributed by atoms with Gasteiger partial charge in [0, 0.05) is 25.1 Å². The highest BCUT2D eigenvalue weighted by atomic mass is 16.5. The Bertz CT molecular complexity index is 784. The van der Waals surface area contributed by atoms with Crippen LogP contribution in [0.15, 0.2) is 42.6 Å². The van der Waals surface area contributed by atoms with Crippen LogP contribution in [0.4, 0.5) is 0 Å². The Labute approximate surface area is 161 Å². The molecule has 4 nitrogen and oxygen atoms in total. The fourth-order valence-corrected chi connectivity index (χ4v) is 4.33. The Morgan fingerprint density at radius 2 is 2.07 bits per heavy atom. The number of pyridine rings is 1. The summed E-state index contributed by atoms with van der Waals surface area (Å²) in [6, 6.07) is 12.7. The zero-order valence-corrected chi connectivity index (χ0v) is 16.1. The number of rotatable bonds is 6. The van der Waals surface area contributed by atoms with Crippen LogP contribution in [0.25, 0.3) is 0 Å². The Hall–Kier alpha value is -2.36. The summed E-state index contributed by atoms with van der Waals surface area (Å²) in [6.45, 7) is 2.72. The quantitative estimate of drug-likeness (QED) is 0.767. The molecule has 1 aromatic heterocycles. The molecule has 1 aliphatic heterocycles. The van der Waals surface area contributed by atoms with Crippen LogP contribution >= 0.6 is 0 Å². The monoisotopic (exact) mass is 364 g/mol. The smallest absolute Gasteiger partial charge is 0.223 e. The Balaban J connectivity index is 1.41. The molecule has 1 aromatic carbocycles. The lowest BCUT2D eigenvalue weighted by Gasteiger charge is -2.29. The van der Waals surface area contributed by atoms with E-state index in [1.807, 2.05) is 18.2 Å². The van der Waals surface area contributed by atoms with Gasteiger partial charge in [-0.1, -0.05) is 31.0 Å². The van der Waals surface area contributed by atoms with Crippen molar-refractivity contribution in [3.63, 3.8) is 0 Å². The van der Waals surface area contributed by atoms with Crippen molar-refractivity contribution in [1.29, 1.82) is 0 Å². The maximum Gasteiger partial charge on any atom is 0.223 e. The van der Waals surface area contributed by atoms with Gasteiger partial charge in [-0.3, -0.25) is 9.78 Å². The van der Waals surface area contributed by atoms with Crippen LogP contribution in [0, 0.1) is 0 Å². The van der Waals surface area contributed by atoms with E-state index in [1.165, 1.54) is 24.0 Å². The van der Waals surface area contributed by atoms with Gasteiger partial charge in [0.2, 0.25) is 5.91 Å². The van der Waals surface area contributed by atoms with Crippen LogP contribution < -0.4 is 4.74 Å². The molecule has 27 heavy (non-hydrogen) atoms. The second-order valence-electron chi connectivity index (χ2n) is 7.86. The number of hydrogen-bond acceptors (Lipinski definition) is 3. The molecule has 1 fully saturated rings. The van der Waals surface area contributed by atoms with E-state index in [0.717, 1.165) is 37.1 Å². The molecule has 0 spiro atoms. The van der Waals surface area contributed by atoms with E-state index in [1.54, 1.807) is 6.20 Å². The van der Waals surface area contributed by atoms with E-state index < -0.39 is 0 Å². The summed E-state index contributed by atoms with van der Waals surface area (Å²) >= 11 is 0. The van der Waals surface area contributed by atoms with Crippen LogP contribution in [0.5, 0.6) is 5.75 Å².